The number of aromatic nitrogens is 1. The molecule has 0 aliphatic carbocycles. The number of hydrogen-bond acceptors (Lipinski definition) is 3. The monoisotopic (exact) mass is 237 g/mol. The Morgan fingerprint density at radius 2 is 2.25 bits per heavy atom. The van der Waals surface area contributed by atoms with Gasteiger partial charge in [0.15, 0.2) is 0 Å². The van der Waals surface area contributed by atoms with Crippen molar-refractivity contribution in [1.82, 2.24) is 4.98 Å². The average Bonchev–Trinajstić information content (AvgIpc) is 2.60. The molecule has 3 nitrogen and oxygen atoms in total. The minimum atomic E-state index is -1.06. The normalized spacial score (nSPS) is 10.4. The predicted molar refractivity (Wildman–Crippen MR) is 59.2 cm³/mol. The maximum atomic E-state index is 13.0. The number of carboxylic acids is 1. The van der Waals surface area contributed by atoms with Gasteiger partial charge in [0.05, 0.1) is 5.69 Å². The van der Waals surface area contributed by atoms with Crippen LogP contribution in [0.1, 0.15) is 14.7 Å². The number of carboxylic acid groups (broad SMARTS) is 1. The first-order chi connectivity index (χ1) is 7.58. The minimum absolute atomic E-state index is 0.0248. The molecule has 0 spiro atoms. The fourth-order valence-electron chi connectivity index (χ4n) is 1.39. The van der Waals surface area contributed by atoms with Crippen molar-refractivity contribution in [2.24, 2.45) is 0 Å². The highest BCUT2D eigenvalue weighted by Crippen LogP contribution is 2.27. The lowest BCUT2D eigenvalue weighted by Gasteiger charge is -1.97. The molecule has 0 fully saturated rings. The van der Waals surface area contributed by atoms with Crippen LogP contribution in [0.15, 0.2) is 24.3 Å². The second-order valence-corrected chi connectivity index (χ2v) is 4.44. The van der Waals surface area contributed by atoms with Crippen LogP contribution < -0.4 is 0 Å². The molecule has 0 saturated carbocycles. The van der Waals surface area contributed by atoms with E-state index in [2.05, 4.69) is 4.98 Å². The molecule has 1 N–H and O–H groups in total. The van der Waals surface area contributed by atoms with Crippen LogP contribution in [0.2, 0.25) is 0 Å². The van der Waals surface area contributed by atoms with Crippen molar-refractivity contribution >= 4 is 17.3 Å². The lowest BCUT2D eigenvalue weighted by molar-refractivity contribution is 0.0696. The lowest BCUT2D eigenvalue weighted by Crippen LogP contribution is -1.94. The van der Waals surface area contributed by atoms with Gasteiger partial charge in [-0.2, -0.15) is 0 Å². The minimum Gasteiger partial charge on any atom is -0.476 e. The van der Waals surface area contributed by atoms with Crippen LogP contribution in [0.5, 0.6) is 0 Å². The Kier molecular flexibility index (Phi) is 2.70. The second-order valence-electron chi connectivity index (χ2n) is 3.24. The maximum absolute atomic E-state index is 13.0. The van der Waals surface area contributed by atoms with Crippen molar-refractivity contribution in [3.8, 4) is 11.3 Å². The average molecular weight is 237 g/mol. The van der Waals surface area contributed by atoms with Crippen molar-refractivity contribution in [2.75, 3.05) is 0 Å². The standard InChI is InChI=1S/C11H8FNO2S/c1-6-9(13-10(16-6)11(14)15)7-3-2-4-8(12)5-7/h2-5H,1H3,(H,14,15). The van der Waals surface area contributed by atoms with E-state index in [0.29, 0.717) is 11.3 Å². The molecular weight excluding hydrogens is 229 g/mol. The van der Waals surface area contributed by atoms with Gasteiger partial charge < -0.3 is 5.11 Å². The zero-order valence-corrected chi connectivity index (χ0v) is 9.21. The van der Waals surface area contributed by atoms with E-state index < -0.39 is 5.97 Å². The zero-order valence-electron chi connectivity index (χ0n) is 8.40. The van der Waals surface area contributed by atoms with Gasteiger partial charge in [0.2, 0.25) is 5.01 Å². The van der Waals surface area contributed by atoms with E-state index in [1.165, 1.54) is 12.1 Å². The summed E-state index contributed by atoms with van der Waals surface area (Å²) in [5.74, 6) is -1.42. The van der Waals surface area contributed by atoms with Crippen molar-refractivity contribution in [2.45, 2.75) is 6.92 Å². The number of aromatic carboxylic acids is 1. The number of carbonyl (C=O) groups is 1. The highest BCUT2D eigenvalue weighted by Gasteiger charge is 2.14. The molecule has 0 saturated heterocycles. The number of nitrogens with zero attached hydrogens (tertiary/aromatic N) is 1. The first-order valence-electron chi connectivity index (χ1n) is 4.54. The number of benzene rings is 1. The van der Waals surface area contributed by atoms with Crippen molar-refractivity contribution in [3.05, 3.63) is 40.0 Å². The molecule has 0 aliphatic heterocycles. The third kappa shape index (κ3) is 1.94. The first-order valence-corrected chi connectivity index (χ1v) is 5.36. The first kappa shape index (κ1) is 10.8. The van der Waals surface area contributed by atoms with Gasteiger partial charge >= 0.3 is 5.97 Å². The molecular formula is C11H8FNO2S. The molecule has 2 aromatic rings. The summed E-state index contributed by atoms with van der Waals surface area (Å²) in [6.07, 6.45) is 0. The van der Waals surface area contributed by atoms with E-state index in [1.807, 2.05) is 0 Å². The fraction of sp³-hybridized carbons (Fsp3) is 0.0909. The Morgan fingerprint density at radius 1 is 1.50 bits per heavy atom. The molecule has 5 heteroatoms. The smallest absolute Gasteiger partial charge is 0.365 e. The quantitative estimate of drug-likeness (QED) is 0.873. The Morgan fingerprint density at radius 3 is 2.81 bits per heavy atom. The summed E-state index contributed by atoms with van der Waals surface area (Å²) in [7, 11) is 0. The van der Waals surface area contributed by atoms with Crippen LogP contribution in [0.25, 0.3) is 11.3 Å². The molecule has 16 heavy (non-hydrogen) atoms. The molecule has 0 radical (unpaired) electrons. The van der Waals surface area contributed by atoms with Gasteiger partial charge in [-0.3, -0.25) is 0 Å². The number of aryl methyl sites for hydroxylation is 1. The molecule has 0 aliphatic rings. The van der Waals surface area contributed by atoms with Gasteiger partial charge in [-0.15, -0.1) is 11.3 Å². The Labute approximate surface area is 95.2 Å². The maximum Gasteiger partial charge on any atom is 0.365 e. The van der Waals surface area contributed by atoms with Crippen molar-refractivity contribution in [3.63, 3.8) is 0 Å². The SMILES string of the molecule is Cc1sc(C(=O)O)nc1-c1cccc(F)c1. The summed E-state index contributed by atoms with van der Waals surface area (Å²) in [6.45, 7) is 1.77. The summed E-state index contributed by atoms with van der Waals surface area (Å²) in [6, 6.07) is 5.96. The van der Waals surface area contributed by atoms with Crippen molar-refractivity contribution < 1.29 is 14.3 Å². The number of thiazole rings is 1. The Bertz CT molecular complexity index is 551. The predicted octanol–water partition coefficient (Wildman–Crippen LogP) is 2.96. The van der Waals surface area contributed by atoms with Gasteiger partial charge in [0.1, 0.15) is 5.82 Å². The van der Waals surface area contributed by atoms with Crippen molar-refractivity contribution in [1.29, 1.82) is 0 Å². The van der Waals surface area contributed by atoms with Gasteiger partial charge in [0.25, 0.3) is 0 Å². The van der Waals surface area contributed by atoms with Gasteiger partial charge in [-0.05, 0) is 19.1 Å². The van der Waals surface area contributed by atoms with Gasteiger partial charge in [0, 0.05) is 10.4 Å². The molecule has 0 unspecified atom stereocenters. The van der Waals surface area contributed by atoms with E-state index in [1.54, 1.807) is 19.1 Å². The van der Waals surface area contributed by atoms with Crippen LogP contribution in [0.3, 0.4) is 0 Å². The second kappa shape index (κ2) is 4.02. The Balaban J connectivity index is 2.52. The number of rotatable bonds is 2. The lowest BCUT2D eigenvalue weighted by atomic mass is 10.1. The molecule has 2 rings (SSSR count). The van der Waals surface area contributed by atoms with E-state index >= 15 is 0 Å². The molecule has 82 valence electrons. The highest BCUT2D eigenvalue weighted by atomic mass is 32.1. The van der Waals surface area contributed by atoms with Crippen LogP contribution in [0, 0.1) is 12.7 Å². The summed E-state index contributed by atoms with van der Waals surface area (Å²) in [4.78, 5) is 15.5. The van der Waals surface area contributed by atoms with E-state index in [0.717, 1.165) is 16.2 Å². The fourth-order valence-corrected chi connectivity index (χ4v) is 2.17. The molecule has 0 atom stereocenters. The van der Waals surface area contributed by atoms with Crippen LogP contribution >= 0.6 is 11.3 Å². The summed E-state index contributed by atoms with van der Waals surface area (Å²) in [5, 5.41) is 8.82. The van der Waals surface area contributed by atoms with E-state index in [-0.39, 0.29) is 10.8 Å². The zero-order chi connectivity index (χ0) is 11.7. The van der Waals surface area contributed by atoms with Gasteiger partial charge in [-0.25, -0.2) is 14.2 Å². The third-order valence-corrected chi connectivity index (χ3v) is 3.04. The largest absolute Gasteiger partial charge is 0.476 e. The summed E-state index contributed by atoms with van der Waals surface area (Å²) in [5.41, 5.74) is 1.13. The topological polar surface area (TPSA) is 50.2 Å². The van der Waals surface area contributed by atoms with Crippen LogP contribution in [0.4, 0.5) is 4.39 Å². The molecule has 0 amide bonds. The third-order valence-electron chi connectivity index (χ3n) is 2.08. The summed E-state index contributed by atoms with van der Waals surface area (Å²) < 4.78 is 13.0. The molecule has 1 aromatic heterocycles. The Hall–Kier alpha value is -1.75. The summed E-state index contributed by atoms with van der Waals surface area (Å²) >= 11 is 1.09. The van der Waals surface area contributed by atoms with Crippen LogP contribution in [-0.2, 0) is 0 Å². The highest BCUT2D eigenvalue weighted by molar-refractivity contribution is 7.13. The van der Waals surface area contributed by atoms with E-state index in [4.69, 9.17) is 5.11 Å². The van der Waals surface area contributed by atoms with Crippen LogP contribution in [-0.4, -0.2) is 16.1 Å². The van der Waals surface area contributed by atoms with E-state index in [9.17, 15) is 9.18 Å². The molecule has 1 aromatic carbocycles. The molecule has 1 heterocycles. The molecule has 0 bridgehead atoms. The number of hydrogen-bond donors (Lipinski definition) is 1. The van der Waals surface area contributed by atoms with Gasteiger partial charge in [-0.1, -0.05) is 12.1 Å². The number of halogens is 1.